The van der Waals surface area contributed by atoms with E-state index in [0.717, 1.165) is 24.8 Å². The Bertz CT molecular complexity index is 638. The normalized spacial score (nSPS) is 28.6. The highest BCUT2D eigenvalue weighted by molar-refractivity contribution is 8.54. The predicted octanol–water partition coefficient (Wildman–Crippen LogP) is 6.98. The molecule has 1 aliphatic carbocycles. The highest BCUT2D eigenvalue weighted by Crippen LogP contribution is 2.81. The first-order valence-electron chi connectivity index (χ1n) is 7.50. The molecule has 2 aliphatic rings. The van der Waals surface area contributed by atoms with E-state index in [0.29, 0.717) is 10.5 Å². The van der Waals surface area contributed by atoms with E-state index in [2.05, 4.69) is 0 Å². The molecular weight excluding hydrogens is 329 g/mol. The molecule has 1 atom stereocenters. The van der Waals surface area contributed by atoms with Crippen LogP contribution in [-0.2, 0) is 5.41 Å². The molecule has 1 heterocycles. The standard InChI is InChI=1S/C17H20ClF3S/c1-16(2,3)13-8-7-12-9-14(11-5-4-6-11)22(18,15(12)10-13)17(19,20)21/h7-11H,4-6H2,1-3H3. The second-order valence-electron chi connectivity index (χ2n) is 7.16. The molecule has 0 saturated heterocycles. The van der Waals surface area contributed by atoms with Crippen LogP contribution in [0.25, 0.3) is 6.08 Å². The summed E-state index contributed by atoms with van der Waals surface area (Å²) < 4.78 is 41.7. The number of halogens is 4. The molecule has 1 aliphatic heterocycles. The number of rotatable bonds is 1. The summed E-state index contributed by atoms with van der Waals surface area (Å²) in [5, 5.41) is 0. The summed E-state index contributed by atoms with van der Waals surface area (Å²) in [7, 11) is 2.93. The van der Waals surface area contributed by atoms with Crippen molar-refractivity contribution in [3.63, 3.8) is 0 Å². The van der Waals surface area contributed by atoms with Gasteiger partial charge in [-0.3, -0.25) is 0 Å². The van der Waals surface area contributed by atoms with Gasteiger partial charge in [0.15, 0.2) is 0 Å². The van der Waals surface area contributed by atoms with Crippen molar-refractivity contribution in [1.82, 2.24) is 0 Å². The van der Waals surface area contributed by atoms with Crippen molar-refractivity contribution in [2.75, 3.05) is 0 Å². The summed E-state index contributed by atoms with van der Waals surface area (Å²) in [5.74, 6) is -0.000360. The Hall–Kier alpha value is -0.610. The van der Waals surface area contributed by atoms with Gasteiger partial charge >= 0.3 is 5.51 Å². The number of hydrogen-bond donors (Lipinski definition) is 0. The molecular formula is C17H20ClF3S. The molecule has 122 valence electrons. The Balaban J connectivity index is 2.16. The lowest BCUT2D eigenvalue weighted by atomic mass is 9.84. The van der Waals surface area contributed by atoms with Crippen molar-refractivity contribution < 1.29 is 13.2 Å². The largest absolute Gasteiger partial charge is 0.445 e. The summed E-state index contributed by atoms with van der Waals surface area (Å²) in [5.41, 5.74) is -3.05. The van der Waals surface area contributed by atoms with Crippen LogP contribution in [0.15, 0.2) is 28.0 Å². The molecule has 1 saturated carbocycles. The van der Waals surface area contributed by atoms with Crippen LogP contribution in [0.4, 0.5) is 13.2 Å². The molecule has 0 aromatic heterocycles. The molecule has 0 amide bonds. The lowest BCUT2D eigenvalue weighted by molar-refractivity contribution is -0.0362. The van der Waals surface area contributed by atoms with E-state index in [1.54, 1.807) is 18.2 Å². The van der Waals surface area contributed by atoms with Crippen molar-refractivity contribution in [2.24, 2.45) is 5.92 Å². The lowest BCUT2D eigenvalue weighted by Gasteiger charge is -2.40. The molecule has 1 aromatic carbocycles. The first kappa shape index (κ1) is 16.3. The number of allylic oxidation sites excluding steroid dienone is 1. The van der Waals surface area contributed by atoms with E-state index in [9.17, 15) is 13.2 Å². The molecule has 0 bridgehead atoms. The number of hydrogen-bond acceptors (Lipinski definition) is 0. The quantitative estimate of drug-likeness (QED) is 0.513. The fraction of sp³-hybridized carbons (Fsp3) is 0.529. The number of benzene rings is 1. The van der Waals surface area contributed by atoms with Gasteiger partial charge in [-0.2, -0.15) is 13.2 Å². The molecule has 0 N–H and O–H groups in total. The molecule has 0 nitrogen and oxygen atoms in total. The Morgan fingerprint density at radius 3 is 2.23 bits per heavy atom. The van der Waals surface area contributed by atoms with Crippen LogP contribution >= 0.6 is 19.9 Å². The van der Waals surface area contributed by atoms with Crippen LogP contribution in [0.5, 0.6) is 0 Å². The maximum absolute atomic E-state index is 13.9. The van der Waals surface area contributed by atoms with E-state index in [1.165, 1.54) is 0 Å². The van der Waals surface area contributed by atoms with Gasteiger partial charge in [-0.05, 0) is 72.3 Å². The van der Waals surface area contributed by atoms with E-state index in [-0.39, 0.29) is 16.2 Å². The zero-order valence-electron chi connectivity index (χ0n) is 12.9. The lowest BCUT2D eigenvalue weighted by Crippen LogP contribution is -2.23. The maximum atomic E-state index is 13.9. The SMILES string of the molecule is CC(C)(C)c1ccc2c(c1)S(Cl)(C(F)(F)F)C(C1CCC1)=C2. The van der Waals surface area contributed by atoms with Gasteiger partial charge in [-0.15, -0.1) is 0 Å². The highest BCUT2D eigenvalue weighted by Gasteiger charge is 2.57. The van der Waals surface area contributed by atoms with Crippen LogP contribution < -0.4 is 0 Å². The zero-order chi connectivity index (χ0) is 16.3. The Kier molecular flexibility index (Phi) is 3.65. The van der Waals surface area contributed by atoms with Gasteiger partial charge in [0.25, 0.3) is 0 Å². The maximum Gasteiger partial charge on any atom is 0.445 e. The molecule has 5 heteroatoms. The summed E-state index contributed by atoms with van der Waals surface area (Å²) >= 11 is 0. The summed E-state index contributed by atoms with van der Waals surface area (Å²) in [6.45, 7) is 6.01. The molecule has 1 aromatic rings. The predicted molar refractivity (Wildman–Crippen MR) is 88.2 cm³/mol. The second-order valence-corrected chi connectivity index (χ2v) is 11.0. The van der Waals surface area contributed by atoms with E-state index < -0.39 is 14.7 Å². The Labute approximate surface area is 135 Å². The number of fused-ring (bicyclic) bond motifs is 1. The minimum atomic E-state index is -4.41. The first-order chi connectivity index (χ1) is 10.0. The average Bonchev–Trinajstić information content (AvgIpc) is 2.60. The van der Waals surface area contributed by atoms with Crippen LogP contribution in [0, 0.1) is 5.92 Å². The molecule has 0 radical (unpaired) electrons. The minimum absolute atomic E-state index is 0.000360. The van der Waals surface area contributed by atoms with Crippen LogP contribution in [-0.4, -0.2) is 5.51 Å². The second kappa shape index (κ2) is 4.94. The van der Waals surface area contributed by atoms with Crippen LogP contribution in [0.1, 0.15) is 51.2 Å². The molecule has 0 spiro atoms. The monoisotopic (exact) mass is 348 g/mol. The van der Waals surface area contributed by atoms with E-state index in [1.807, 2.05) is 26.8 Å². The van der Waals surface area contributed by atoms with Crippen molar-refractivity contribution in [3.05, 3.63) is 34.2 Å². The Morgan fingerprint density at radius 2 is 1.77 bits per heavy atom. The van der Waals surface area contributed by atoms with Gasteiger partial charge in [-0.25, -0.2) is 0 Å². The fourth-order valence-electron chi connectivity index (χ4n) is 3.02. The van der Waals surface area contributed by atoms with Gasteiger partial charge in [0.05, 0.1) is 0 Å². The molecule has 1 unspecified atom stereocenters. The topological polar surface area (TPSA) is 0 Å². The molecule has 1 fully saturated rings. The summed E-state index contributed by atoms with van der Waals surface area (Å²) in [6.07, 6.45) is 4.35. The molecule has 3 rings (SSSR count). The molecule has 22 heavy (non-hydrogen) atoms. The third-order valence-electron chi connectivity index (χ3n) is 4.63. The fourth-order valence-corrected chi connectivity index (χ4v) is 6.43. The van der Waals surface area contributed by atoms with Crippen molar-refractivity contribution in [3.8, 4) is 0 Å². The Morgan fingerprint density at radius 1 is 1.14 bits per heavy atom. The van der Waals surface area contributed by atoms with Crippen molar-refractivity contribution >= 4 is 26.0 Å². The van der Waals surface area contributed by atoms with Crippen LogP contribution in [0.3, 0.4) is 0 Å². The van der Waals surface area contributed by atoms with Crippen molar-refractivity contribution in [1.29, 1.82) is 0 Å². The van der Waals surface area contributed by atoms with E-state index >= 15 is 0 Å². The highest BCUT2D eigenvalue weighted by atomic mass is 35.7. The summed E-state index contributed by atoms with van der Waals surface area (Å²) in [6, 6.07) is 5.41. The van der Waals surface area contributed by atoms with Gasteiger partial charge in [0, 0.05) is 4.90 Å². The van der Waals surface area contributed by atoms with Crippen molar-refractivity contribution in [2.45, 2.75) is 55.9 Å². The number of alkyl halides is 3. The van der Waals surface area contributed by atoms with E-state index in [4.69, 9.17) is 10.7 Å². The minimum Gasteiger partial charge on any atom is -0.160 e. The van der Waals surface area contributed by atoms with Crippen LogP contribution in [0.2, 0.25) is 0 Å². The van der Waals surface area contributed by atoms with Gasteiger partial charge in [0.1, 0.15) is 0 Å². The third kappa shape index (κ3) is 2.30. The first-order valence-corrected chi connectivity index (χ1v) is 9.96. The smallest absolute Gasteiger partial charge is 0.160 e. The van der Waals surface area contributed by atoms with Gasteiger partial charge in [0.2, 0.25) is 0 Å². The average molecular weight is 349 g/mol. The van der Waals surface area contributed by atoms with Gasteiger partial charge < -0.3 is 0 Å². The third-order valence-corrected chi connectivity index (χ3v) is 8.89. The van der Waals surface area contributed by atoms with Gasteiger partial charge in [-0.1, -0.05) is 39.3 Å². The zero-order valence-corrected chi connectivity index (χ0v) is 14.5. The summed E-state index contributed by atoms with van der Waals surface area (Å²) in [4.78, 5) is 0.713.